The summed E-state index contributed by atoms with van der Waals surface area (Å²) in [5, 5.41) is 4.35. The van der Waals surface area contributed by atoms with Crippen LogP contribution in [0.1, 0.15) is 5.56 Å². The van der Waals surface area contributed by atoms with Crippen molar-refractivity contribution in [3.05, 3.63) is 52.1 Å². The lowest BCUT2D eigenvalue weighted by Crippen LogP contribution is -2.07. The lowest BCUT2D eigenvalue weighted by Gasteiger charge is -2.16. The molecule has 0 unspecified atom stereocenters. The third-order valence-electron chi connectivity index (χ3n) is 4.43. The molecule has 3 rings (SSSR count). The number of nitrogens with zero attached hydrogens (tertiary/aromatic N) is 2. The fourth-order valence-electron chi connectivity index (χ4n) is 2.97. The van der Waals surface area contributed by atoms with E-state index < -0.39 is 0 Å². The Morgan fingerprint density at radius 1 is 0.964 bits per heavy atom. The van der Waals surface area contributed by atoms with Crippen LogP contribution in [0.25, 0.3) is 11.3 Å². The molecule has 0 radical (unpaired) electrons. The minimum atomic E-state index is 0.495. The molecule has 1 N–H and O–H groups in total. The van der Waals surface area contributed by atoms with Crippen molar-refractivity contribution >= 4 is 29.2 Å². The Bertz CT molecular complexity index is 989. The second-order valence-corrected chi connectivity index (χ2v) is 6.82. The minimum absolute atomic E-state index is 0.495. The Labute approximate surface area is 174 Å². The van der Waals surface area contributed by atoms with Crippen molar-refractivity contribution in [2.75, 3.05) is 26.6 Å². The molecule has 0 aliphatic rings. The van der Waals surface area contributed by atoms with Gasteiger partial charge in [0, 0.05) is 24.7 Å². The second kappa shape index (κ2) is 8.63. The van der Waals surface area contributed by atoms with E-state index in [1.54, 1.807) is 33.6 Å². The molecule has 6 nitrogen and oxygen atoms in total. The van der Waals surface area contributed by atoms with Gasteiger partial charge in [-0.2, -0.15) is 0 Å². The summed E-state index contributed by atoms with van der Waals surface area (Å²) in [5.74, 6) is 2.49. The molecule has 0 bridgehead atoms. The first-order valence-corrected chi connectivity index (χ1v) is 9.24. The van der Waals surface area contributed by atoms with Gasteiger partial charge in [0.1, 0.15) is 0 Å². The van der Waals surface area contributed by atoms with E-state index in [2.05, 4.69) is 10.3 Å². The Kier molecular flexibility index (Phi) is 6.21. The number of hydrogen-bond acceptors (Lipinski definition) is 5. The van der Waals surface area contributed by atoms with E-state index in [1.165, 1.54) is 0 Å². The largest absolute Gasteiger partial charge is 0.493 e. The minimum Gasteiger partial charge on any atom is -0.493 e. The number of nitrogens with one attached hydrogen (secondary N) is 1. The predicted molar refractivity (Wildman–Crippen MR) is 112 cm³/mol. The molecule has 148 valence electrons. The molecular weight excluding hydrogens is 401 g/mol. The summed E-state index contributed by atoms with van der Waals surface area (Å²) in [6.45, 7) is 0.495. The van der Waals surface area contributed by atoms with Crippen molar-refractivity contribution in [3.63, 3.8) is 0 Å². The zero-order valence-corrected chi connectivity index (χ0v) is 17.6. The van der Waals surface area contributed by atoms with E-state index in [-0.39, 0.29) is 0 Å². The predicted octanol–water partition coefficient (Wildman–Crippen LogP) is 5.03. The Balaban J connectivity index is 1.84. The quantitative estimate of drug-likeness (QED) is 0.579. The molecule has 1 aromatic heterocycles. The highest BCUT2D eigenvalue weighted by molar-refractivity contribution is 6.42. The van der Waals surface area contributed by atoms with Gasteiger partial charge in [0.15, 0.2) is 11.5 Å². The van der Waals surface area contributed by atoms with Crippen LogP contribution >= 0.6 is 23.2 Å². The maximum absolute atomic E-state index is 6.14. The van der Waals surface area contributed by atoms with Gasteiger partial charge < -0.3 is 24.1 Å². The fourth-order valence-corrected chi connectivity index (χ4v) is 3.27. The summed E-state index contributed by atoms with van der Waals surface area (Å²) in [5.41, 5.74) is 2.76. The van der Waals surface area contributed by atoms with Crippen LogP contribution in [0.5, 0.6) is 17.2 Å². The molecular formula is C20H21Cl2N3O3. The maximum atomic E-state index is 6.14. The molecule has 0 atom stereocenters. The molecule has 0 spiro atoms. The van der Waals surface area contributed by atoms with E-state index in [1.807, 2.05) is 35.9 Å². The maximum Gasteiger partial charge on any atom is 0.203 e. The van der Waals surface area contributed by atoms with Crippen LogP contribution < -0.4 is 19.5 Å². The molecule has 0 saturated heterocycles. The summed E-state index contributed by atoms with van der Waals surface area (Å²) >= 11 is 12.1. The van der Waals surface area contributed by atoms with Crippen molar-refractivity contribution in [2.24, 2.45) is 7.05 Å². The number of hydrogen-bond donors (Lipinski definition) is 1. The van der Waals surface area contributed by atoms with Crippen molar-refractivity contribution in [3.8, 4) is 28.5 Å². The molecule has 3 aromatic rings. The van der Waals surface area contributed by atoms with Crippen LogP contribution in [0.15, 0.2) is 36.5 Å². The van der Waals surface area contributed by atoms with E-state index in [4.69, 9.17) is 37.4 Å². The fraction of sp³-hybridized carbons (Fsp3) is 0.250. The number of ether oxygens (including phenoxy) is 3. The highest BCUT2D eigenvalue weighted by Gasteiger charge is 2.16. The molecule has 0 fully saturated rings. The van der Waals surface area contributed by atoms with Gasteiger partial charge in [0.05, 0.1) is 43.3 Å². The van der Waals surface area contributed by atoms with Gasteiger partial charge in [0.2, 0.25) is 11.7 Å². The van der Waals surface area contributed by atoms with Crippen molar-refractivity contribution < 1.29 is 14.2 Å². The summed E-state index contributed by atoms with van der Waals surface area (Å²) in [6, 6.07) is 9.27. The van der Waals surface area contributed by atoms with Gasteiger partial charge in [-0.15, -0.1) is 0 Å². The van der Waals surface area contributed by atoms with Crippen molar-refractivity contribution in [1.29, 1.82) is 0 Å². The number of imidazole rings is 1. The van der Waals surface area contributed by atoms with Crippen LogP contribution in [-0.2, 0) is 13.6 Å². The summed E-state index contributed by atoms with van der Waals surface area (Å²) in [7, 11) is 6.70. The van der Waals surface area contributed by atoms with Crippen LogP contribution in [0.2, 0.25) is 10.0 Å². The van der Waals surface area contributed by atoms with Crippen LogP contribution in [0.3, 0.4) is 0 Å². The van der Waals surface area contributed by atoms with Gasteiger partial charge in [-0.05, 0) is 24.3 Å². The SMILES string of the molecule is COc1ccc(CNc2ncc(-c3ccc(Cl)c(Cl)c3)n2C)c(OC)c1OC. The highest BCUT2D eigenvalue weighted by Crippen LogP contribution is 2.40. The average molecular weight is 422 g/mol. The number of aromatic nitrogens is 2. The first-order valence-electron chi connectivity index (χ1n) is 8.49. The third-order valence-corrected chi connectivity index (χ3v) is 5.17. The average Bonchev–Trinajstić information content (AvgIpc) is 3.07. The standard InChI is InChI=1S/C20H21Cl2N3O3/c1-25-16(12-5-7-14(21)15(22)9-12)11-24-20(25)23-10-13-6-8-17(26-2)19(28-4)18(13)27-3/h5-9,11H,10H2,1-4H3,(H,23,24). The molecule has 0 amide bonds. The zero-order valence-electron chi connectivity index (χ0n) is 16.0. The molecule has 0 aliphatic heterocycles. The van der Waals surface area contributed by atoms with Crippen LogP contribution in [-0.4, -0.2) is 30.9 Å². The van der Waals surface area contributed by atoms with E-state index in [9.17, 15) is 0 Å². The number of methoxy groups -OCH3 is 3. The zero-order chi connectivity index (χ0) is 20.3. The number of anilines is 1. The highest BCUT2D eigenvalue weighted by atomic mass is 35.5. The second-order valence-electron chi connectivity index (χ2n) is 6.00. The molecule has 0 aliphatic carbocycles. The van der Waals surface area contributed by atoms with E-state index >= 15 is 0 Å². The summed E-state index contributed by atoms with van der Waals surface area (Å²) in [4.78, 5) is 4.47. The lowest BCUT2D eigenvalue weighted by molar-refractivity contribution is 0.322. The van der Waals surface area contributed by atoms with Crippen molar-refractivity contribution in [2.45, 2.75) is 6.54 Å². The molecule has 8 heteroatoms. The normalized spacial score (nSPS) is 10.6. The Hall–Kier alpha value is -2.57. The summed E-state index contributed by atoms with van der Waals surface area (Å²) in [6.07, 6.45) is 1.79. The van der Waals surface area contributed by atoms with Gasteiger partial charge >= 0.3 is 0 Å². The van der Waals surface area contributed by atoms with Crippen LogP contribution in [0, 0.1) is 0 Å². The van der Waals surface area contributed by atoms with Gasteiger partial charge in [-0.1, -0.05) is 29.3 Å². The van der Waals surface area contributed by atoms with E-state index in [0.29, 0.717) is 39.8 Å². The topological polar surface area (TPSA) is 57.5 Å². The smallest absolute Gasteiger partial charge is 0.203 e. The molecule has 28 heavy (non-hydrogen) atoms. The lowest BCUT2D eigenvalue weighted by atomic mass is 10.1. The van der Waals surface area contributed by atoms with Gasteiger partial charge in [-0.25, -0.2) is 4.98 Å². The Morgan fingerprint density at radius 2 is 1.71 bits per heavy atom. The first kappa shape index (κ1) is 20.2. The van der Waals surface area contributed by atoms with Crippen molar-refractivity contribution in [1.82, 2.24) is 9.55 Å². The van der Waals surface area contributed by atoms with Crippen LogP contribution in [0.4, 0.5) is 5.95 Å². The monoisotopic (exact) mass is 421 g/mol. The number of benzene rings is 2. The number of rotatable bonds is 7. The molecule has 0 saturated carbocycles. The van der Waals surface area contributed by atoms with Gasteiger partial charge in [0.25, 0.3) is 0 Å². The number of halogens is 2. The molecule has 2 aromatic carbocycles. The summed E-state index contributed by atoms with van der Waals surface area (Å²) < 4.78 is 18.2. The third kappa shape index (κ3) is 3.84. The van der Waals surface area contributed by atoms with Gasteiger partial charge in [-0.3, -0.25) is 0 Å². The van der Waals surface area contributed by atoms with E-state index in [0.717, 1.165) is 16.8 Å². The first-order chi connectivity index (χ1) is 13.5. The molecule has 1 heterocycles. The Morgan fingerprint density at radius 3 is 2.36 bits per heavy atom.